The molecule has 0 bridgehead atoms. The van der Waals surface area contributed by atoms with Gasteiger partial charge in [-0.2, -0.15) is 9.97 Å². The summed E-state index contributed by atoms with van der Waals surface area (Å²) >= 11 is 0. The molecule has 22 heavy (non-hydrogen) atoms. The van der Waals surface area contributed by atoms with Crippen LogP contribution in [-0.4, -0.2) is 57.2 Å². The van der Waals surface area contributed by atoms with Gasteiger partial charge >= 0.3 is 14.8 Å². The van der Waals surface area contributed by atoms with Crippen molar-refractivity contribution in [3.05, 3.63) is 6.33 Å². The molecule has 0 aliphatic carbocycles. The Labute approximate surface area is 132 Å². The SMILES string of the molecule is CCO[Si](CCCNc1ncnc(OC)n1)(OCC)OCC. The quantitative estimate of drug-likeness (QED) is 0.458. The van der Waals surface area contributed by atoms with Gasteiger partial charge in [-0.1, -0.05) is 0 Å². The molecule has 1 aromatic heterocycles. The zero-order valence-corrected chi connectivity index (χ0v) is 14.8. The van der Waals surface area contributed by atoms with E-state index in [0.29, 0.717) is 38.3 Å². The van der Waals surface area contributed by atoms with Crippen LogP contribution >= 0.6 is 0 Å². The fraction of sp³-hybridized carbons (Fsp3) is 0.769. The molecule has 0 aliphatic heterocycles. The van der Waals surface area contributed by atoms with Crippen molar-refractivity contribution in [2.75, 3.05) is 38.8 Å². The maximum Gasteiger partial charge on any atom is 0.500 e. The molecular weight excluding hydrogens is 304 g/mol. The van der Waals surface area contributed by atoms with E-state index in [4.69, 9.17) is 18.0 Å². The third-order valence-electron chi connectivity index (χ3n) is 2.77. The van der Waals surface area contributed by atoms with E-state index in [1.54, 1.807) is 0 Å². The third kappa shape index (κ3) is 6.22. The lowest BCUT2D eigenvalue weighted by molar-refractivity contribution is 0.0710. The lowest BCUT2D eigenvalue weighted by atomic mass is 10.5. The Morgan fingerprint density at radius 2 is 1.68 bits per heavy atom. The average molecular weight is 330 g/mol. The van der Waals surface area contributed by atoms with E-state index in [9.17, 15) is 0 Å². The number of rotatable bonds is 12. The molecule has 0 saturated heterocycles. The van der Waals surface area contributed by atoms with Gasteiger partial charge in [0.1, 0.15) is 6.33 Å². The molecule has 126 valence electrons. The molecule has 0 atom stereocenters. The first-order chi connectivity index (χ1) is 10.7. The van der Waals surface area contributed by atoms with Crippen molar-refractivity contribution in [3.8, 4) is 6.01 Å². The topological polar surface area (TPSA) is 87.6 Å². The molecule has 0 spiro atoms. The average Bonchev–Trinajstić information content (AvgIpc) is 2.53. The molecule has 0 fully saturated rings. The summed E-state index contributed by atoms with van der Waals surface area (Å²) in [6, 6.07) is 1.04. The highest BCUT2D eigenvalue weighted by molar-refractivity contribution is 6.60. The number of hydrogen-bond acceptors (Lipinski definition) is 8. The number of anilines is 1. The summed E-state index contributed by atoms with van der Waals surface area (Å²) < 4.78 is 22.4. The lowest BCUT2D eigenvalue weighted by Crippen LogP contribution is -2.46. The standard InChI is InChI=1S/C13H26N4O4Si/c1-5-19-22(20-6-2,21-7-3)10-8-9-14-12-15-11-16-13(17-12)18-4/h11H,5-10H2,1-4H3,(H,14,15,16,17). The second-order valence-electron chi connectivity index (χ2n) is 4.31. The van der Waals surface area contributed by atoms with Crippen LogP contribution in [0.3, 0.4) is 0 Å². The molecule has 0 unspecified atom stereocenters. The maximum atomic E-state index is 5.80. The summed E-state index contributed by atoms with van der Waals surface area (Å²) in [6.07, 6.45) is 2.24. The van der Waals surface area contributed by atoms with E-state index in [0.717, 1.165) is 12.5 Å². The fourth-order valence-corrected chi connectivity index (χ4v) is 4.58. The molecule has 1 rings (SSSR count). The van der Waals surface area contributed by atoms with E-state index in [1.165, 1.54) is 13.4 Å². The Hall–Kier alpha value is -1.29. The van der Waals surface area contributed by atoms with E-state index in [1.807, 2.05) is 20.8 Å². The summed E-state index contributed by atoms with van der Waals surface area (Å²) in [5, 5.41) is 3.13. The predicted molar refractivity (Wildman–Crippen MR) is 84.9 cm³/mol. The Morgan fingerprint density at radius 3 is 2.23 bits per heavy atom. The van der Waals surface area contributed by atoms with Crippen LogP contribution in [0.1, 0.15) is 27.2 Å². The number of nitrogens with one attached hydrogen (secondary N) is 1. The monoisotopic (exact) mass is 330 g/mol. The van der Waals surface area contributed by atoms with Gasteiger partial charge in [-0.25, -0.2) is 4.98 Å². The van der Waals surface area contributed by atoms with Crippen molar-refractivity contribution >= 4 is 14.8 Å². The highest BCUT2D eigenvalue weighted by Crippen LogP contribution is 2.18. The molecule has 0 saturated carbocycles. The smallest absolute Gasteiger partial charge is 0.467 e. The molecular formula is C13H26N4O4Si. The van der Waals surface area contributed by atoms with Crippen molar-refractivity contribution in [1.29, 1.82) is 0 Å². The lowest BCUT2D eigenvalue weighted by Gasteiger charge is -2.28. The molecule has 0 amide bonds. The molecule has 8 nitrogen and oxygen atoms in total. The Bertz CT molecular complexity index is 408. The minimum atomic E-state index is -2.57. The van der Waals surface area contributed by atoms with Gasteiger partial charge in [0.05, 0.1) is 7.11 Å². The van der Waals surface area contributed by atoms with Crippen LogP contribution in [0.15, 0.2) is 6.33 Å². The third-order valence-corrected chi connectivity index (χ3v) is 5.92. The van der Waals surface area contributed by atoms with Crippen LogP contribution < -0.4 is 10.1 Å². The first-order valence-corrected chi connectivity index (χ1v) is 9.51. The molecule has 0 radical (unpaired) electrons. The van der Waals surface area contributed by atoms with Gasteiger partial charge in [0.15, 0.2) is 0 Å². The Morgan fingerprint density at radius 1 is 1.05 bits per heavy atom. The number of ether oxygens (including phenoxy) is 1. The van der Waals surface area contributed by atoms with Crippen molar-refractivity contribution in [2.45, 2.75) is 33.2 Å². The summed E-state index contributed by atoms with van der Waals surface area (Å²) in [4.78, 5) is 12.0. The van der Waals surface area contributed by atoms with Crippen LogP contribution in [0.4, 0.5) is 5.95 Å². The molecule has 1 N–H and O–H groups in total. The molecule has 0 aromatic carbocycles. The van der Waals surface area contributed by atoms with Gasteiger partial charge in [0.2, 0.25) is 5.95 Å². The molecule has 9 heteroatoms. The highest BCUT2D eigenvalue weighted by atomic mass is 28.4. The zero-order valence-electron chi connectivity index (χ0n) is 13.8. The predicted octanol–water partition coefficient (Wildman–Crippen LogP) is 1.73. The second-order valence-corrected chi connectivity index (χ2v) is 7.04. The first kappa shape index (κ1) is 18.8. The first-order valence-electron chi connectivity index (χ1n) is 7.58. The molecule has 1 aromatic rings. The van der Waals surface area contributed by atoms with Crippen LogP contribution in [0.5, 0.6) is 6.01 Å². The number of hydrogen-bond donors (Lipinski definition) is 1. The van der Waals surface area contributed by atoms with E-state index in [-0.39, 0.29) is 0 Å². The zero-order chi connectivity index (χ0) is 16.3. The van der Waals surface area contributed by atoms with Crippen molar-refractivity contribution in [2.24, 2.45) is 0 Å². The van der Waals surface area contributed by atoms with E-state index >= 15 is 0 Å². The van der Waals surface area contributed by atoms with E-state index in [2.05, 4.69) is 20.3 Å². The van der Waals surface area contributed by atoms with Gasteiger partial charge in [0.25, 0.3) is 0 Å². The van der Waals surface area contributed by atoms with Crippen molar-refractivity contribution in [1.82, 2.24) is 15.0 Å². The highest BCUT2D eigenvalue weighted by Gasteiger charge is 2.39. The van der Waals surface area contributed by atoms with Crippen LogP contribution in [0, 0.1) is 0 Å². The van der Waals surface area contributed by atoms with Crippen LogP contribution in [0.2, 0.25) is 6.04 Å². The minimum Gasteiger partial charge on any atom is -0.467 e. The van der Waals surface area contributed by atoms with Gasteiger partial charge < -0.3 is 23.3 Å². The second kappa shape index (κ2) is 10.4. The summed E-state index contributed by atoms with van der Waals surface area (Å²) in [5.74, 6) is 0.489. The van der Waals surface area contributed by atoms with Gasteiger partial charge in [-0.15, -0.1) is 0 Å². The normalized spacial score (nSPS) is 11.5. The van der Waals surface area contributed by atoms with Gasteiger partial charge in [0, 0.05) is 32.4 Å². The fourth-order valence-electron chi connectivity index (χ4n) is 1.97. The summed E-state index contributed by atoms with van der Waals surface area (Å²) in [5.41, 5.74) is 0. The Kier molecular flexibility index (Phi) is 8.90. The number of methoxy groups -OCH3 is 1. The van der Waals surface area contributed by atoms with Crippen LogP contribution in [0.25, 0.3) is 0 Å². The van der Waals surface area contributed by atoms with Gasteiger partial charge in [-0.05, 0) is 27.2 Å². The Balaban J connectivity index is 2.47. The van der Waals surface area contributed by atoms with Crippen molar-refractivity contribution < 1.29 is 18.0 Å². The van der Waals surface area contributed by atoms with Crippen LogP contribution in [-0.2, 0) is 13.3 Å². The largest absolute Gasteiger partial charge is 0.500 e. The minimum absolute atomic E-state index is 0.291. The maximum absolute atomic E-state index is 5.80. The van der Waals surface area contributed by atoms with Gasteiger partial charge in [-0.3, -0.25) is 0 Å². The van der Waals surface area contributed by atoms with E-state index < -0.39 is 8.80 Å². The number of aromatic nitrogens is 3. The summed E-state index contributed by atoms with van der Waals surface area (Å²) in [7, 11) is -1.05. The number of nitrogens with zero attached hydrogens (tertiary/aromatic N) is 3. The van der Waals surface area contributed by atoms with Crippen molar-refractivity contribution in [3.63, 3.8) is 0 Å². The molecule has 0 aliphatic rings. The molecule has 1 heterocycles. The summed E-state index contributed by atoms with van der Waals surface area (Å²) in [6.45, 7) is 8.31.